The molecule has 0 bridgehead atoms. The second-order valence-electron chi connectivity index (χ2n) is 8.11. The highest BCUT2D eigenvalue weighted by molar-refractivity contribution is 9.10. The van der Waals surface area contributed by atoms with Crippen molar-refractivity contribution in [1.82, 2.24) is 9.80 Å². The van der Waals surface area contributed by atoms with Crippen LogP contribution in [-0.4, -0.2) is 64.2 Å². The van der Waals surface area contributed by atoms with Crippen molar-refractivity contribution in [2.24, 2.45) is 11.8 Å². The molecule has 1 aromatic carbocycles. The van der Waals surface area contributed by atoms with Crippen LogP contribution in [0.1, 0.15) is 38.7 Å². The lowest BCUT2D eigenvalue weighted by atomic mass is 9.89. The molecule has 0 spiro atoms. The summed E-state index contributed by atoms with van der Waals surface area (Å²) in [5, 5.41) is 14.8. The summed E-state index contributed by atoms with van der Waals surface area (Å²) >= 11 is 3.68. The van der Waals surface area contributed by atoms with Gasteiger partial charge in [-0.25, -0.2) is 9.59 Å². The lowest BCUT2D eigenvalue weighted by Gasteiger charge is -2.43. The van der Waals surface area contributed by atoms with Gasteiger partial charge in [0.15, 0.2) is 0 Å². The summed E-state index contributed by atoms with van der Waals surface area (Å²) in [5.41, 5.74) is 1.42. The Kier molecular flexibility index (Phi) is 8.92. The molecule has 2 fully saturated rings. The standard InChI is InChI=1S/C19H29BrN2.C2H2O4/c1-15-11-16(2)13-22(12-15)18-7-9-21(10-8-18)14-17-5-3-4-6-19(17)20;3-1(4)2(5)6/h3-6,15-16,18H,7-14H2,1-2H3;(H,3,4)(H,5,6). The molecule has 0 radical (unpaired) electrons. The summed E-state index contributed by atoms with van der Waals surface area (Å²) in [7, 11) is 0. The number of hydrogen-bond acceptors (Lipinski definition) is 4. The molecule has 2 saturated heterocycles. The van der Waals surface area contributed by atoms with E-state index in [1.165, 1.54) is 55.5 Å². The predicted octanol–water partition coefficient (Wildman–Crippen LogP) is 3.55. The molecule has 2 N–H and O–H groups in total. The van der Waals surface area contributed by atoms with Crippen molar-refractivity contribution in [3.63, 3.8) is 0 Å². The highest BCUT2D eigenvalue weighted by atomic mass is 79.9. The third kappa shape index (κ3) is 7.18. The van der Waals surface area contributed by atoms with Gasteiger partial charge < -0.3 is 10.2 Å². The van der Waals surface area contributed by atoms with Crippen LogP contribution in [0.4, 0.5) is 0 Å². The van der Waals surface area contributed by atoms with Crippen LogP contribution in [0.3, 0.4) is 0 Å². The van der Waals surface area contributed by atoms with Gasteiger partial charge in [-0.2, -0.15) is 0 Å². The molecular weight excluding hydrogens is 424 g/mol. The fraction of sp³-hybridized carbons (Fsp3) is 0.619. The molecule has 0 aliphatic carbocycles. The van der Waals surface area contributed by atoms with Crippen molar-refractivity contribution in [1.29, 1.82) is 0 Å². The minimum atomic E-state index is -1.82. The first kappa shape index (κ1) is 22.8. The van der Waals surface area contributed by atoms with Gasteiger partial charge in [0.05, 0.1) is 0 Å². The monoisotopic (exact) mass is 454 g/mol. The Balaban J connectivity index is 0.000000409. The quantitative estimate of drug-likeness (QED) is 0.679. The highest BCUT2D eigenvalue weighted by Gasteiger charge is 2.29. The minimum Gasteiger partial charge on any atom is -0.473 e. The van der Waals surface area contributed by atoms with E-state index < -0.39 is 11.9 Å². The molecule has 1 aromatic rings. The van der Waals surface area contributed by atoms with E-state index in [1.807, 2.05) is 0 Å². The first-order valence-corrected chi connectivity index (χ1v) is 10.7. The van der Waals surface area contributed by atoms with Crippen molar-refractivity contribution >= 4 is 27.9 Å². The van der Waals surface area contributed by atoms with Gasteiger partial charge in [-0.1, -0.05) is 48.0 Å². The van der Waals surface area contributed by atoms with Gasteiger partial charge in [-0.05, 0) is 55.8 Å². The maximum atomic E-state index is 9.10. The van der Waals surface area contributed by atoms with Crippen LogP contribution >= 0.6 is 15.9 Å². The van der Waals surface area contributed by atoms with Gasteiger partial charge in [0, 0.05) is 30.1 Å². The van der Waals surface area contributed by atoms with E-state index in [9.17, 15) is 0 Å². The van der Waals surface area contributed by atoms with Crippen molar-refractivity contribution in [2.75, 3.05) is 26.2 Å². The van der Waals surface area contributed by atoms with E-state index in [4.69, 9.17) is 19.8 Å². The van der Waals surface area contributed by atoms with E-state index in [0.29, 0.717) is 0 Å². The fourth-order valence-electron chi connectivity index (χ4n) is 4.32. The maximum absolute atomic E-state index is 9.10. The smallest absolute Gasteiger partial charge is 0.414 e. The van der Waals surface area contributed by atoms with Crippen molar-refractivity contribution in [2.45, 2.75) is 45.7 Å². The number of aliphatic carboxylic acids is 2. The highest BCUT2D eigenvalue weighted by Crippen LogP contribution is 2.27. The van der Waals surface area contributed by atoms with Gasteiger partial charge in [0.2, 0.25) is 0 Å². The first-order valence-electron chi connectivity index (χ1n) is 9.92. The zero-order chi connectivity index (χ0) is 20.7. The zero-order valence-electron chi connectivity index (χ0n) is 16.7. The summed E-state index contributed by atoms with van der Waals surface area (Å²) in [4.78, 5) is 23.6. The second kappa shape index (κ2) is 10.9. The molecule has 2 aliphatic rings. The molecule has 2 atom stereocenters. The number of halogens is 1. The normalized spacial score (nSPS) is 24.2. The Bertz CT molecular complexity index is 640. The molecule has 0 saturated carbocycles. The zero-order valence-corrected chi connectivity index (χ0v) is 18.3. The first-order chi connectivity index (χ1) is 13.3. The molecule has 2 aliphatic heterocycles. The molecule has 7 heteroatoms. The average molecular weight is 455 g/mol. The van der Waals surface area contributed by atoms with Crippen LogP contribution in [-0.2, 0) is 16.1 Å². The Hall–Kier alpha value is -1.44. The van der Waals surface area contributed by atoms with Crippen LogP contribution in [0.25, 0.3) is 0 Å². The van der Waals surface area contributed by atoms with Crippen molar-refractivity contribution in [3.05, 3.63) is 34.3 Å². The third-order valence-corrected chi connectivity index (χ3v) is 6.28. The van der Waals surface area contributed by atoms with Gasteiger partial charge in [0.1, 0.15) is 0 Å². The van der Waals surface area contributed by atoms with Crippen LogP contribution in [0.15, 0.2) is 28.7 Å². The Labute approximate surface area is 175 Å². The lowest BCUT2D eigenvalue weighted by Crippen LogP contribution is -2.49. The van der Waals surface area contributed by atoms with Gasteiger partial charge >= 0.3 is 11.9 Å². The molecule has 3 rings (SSSR count). The van der Waals surface area contributed by atoms with E-state index in [1.54, 1.807) is 0 Å². The van der Waals surface area contributed by atoms with E-state index in [0.717, 1.165) is 24.4 Å². The van der Waals surface area contributed by atoms with Crippen LogP contribution in [0.5, 0.6) is 0 Å². The summed E-state index contributed by atoms with van der Waals surface area (Å²) in [6.07, 6.45) is 4.09. The van der Waals surface area contributed by atoms with E-state index in [2.05, 4.69) is 63.8 Å². The number of hydrogen-bond donors (Lipinski definition) is 2. The summed E-state index contributed by atoms with van der Waals surface area (Å²) in [6.45, 7) is 11.0. The second-order valence-corrected chi connectivity index (χ2v) is 8.96. The maximum Gasteiger partial charge on any atom is 0.414 e. The van der Waals surface area contributed by atoms with Gasteiger partial charge in [-0.15, -0.1) is 0 Å². The Morgan fingerprint density at radius 1 is 1.04 bits per heavy atom. The number of rotatable bonds is 3. The fourth-order valence-corrected chi connectivity index (χ4v) is 4.73. The minimum absolute atomic E-state index is 0.820. The molecule has 156 valence electrons. The van der Waals surface area contributed by atoms with Crippen LogP contribution in [0, 0.1) is 11.8 Å². The van der Waals surface area contributed by atoms with Crippen LogP contribution < -0.4 is 0 Å². The molecule has 0 aromatic heterocycles. The lowest BCUT2D eigenvalue weighted by molar-refractivity contribution is -0.159. The molecule has 28 heavy (non-hydrogen) atoms. The predicted molar refractivity (Wildman–Crippen MR) is 112 cm³/mol. The Morgan fingerprint density at radius 2 is 1.57 bits per heavy atom. The number of piperidine rings is 2. The summed E-state index contributed by atoms with van der Waals surface area (Å²) < 4.78 is 1.25. The number of carboxylic acid groups (broad SMARTS) is 2. The average Bonchev–Trinajstić information content (AvgIpc) is 2.64. The number of nitrogens with zero attached hydrogens (tertiary/aromatic N) is 2. The molecule has 6 nitrogen and oxygen atoms in total. The largest absolute Gasteiger partial charge is 0.473 e. The third-order valence-electron chi connectivity index (χ3n) is 5.51. The van der Waals surface area contributed by atoms with Gasteiger partial charge in [-0.3, -0.25) is 9.80 Å². The molecule has 0 amide bonds. The molecule has 2 heterocycles. The number of likely N-dealkylation sites (tertiary alicyclic amines) is 2. The van der Waals surface area contributed by atoms with Gasteiger partial charge in [0.25, 0.3) is 0 Å². The molecular formula is C21H31BrN2O4. The summed E-state index contributed by atoms with van der Waals surface area (Å²) in [5.74, 6) is -1.89. The van der Waals surface area contributed by atoms with Crippen molar-refractivity contribution < 1.29 is 19.8 Å². The summed E-state index contributed by atoms with van der Waals surface area (Å²) in [6, 6.07) is 9.45. The number of benzene rings is 1. The number of carbonyl (C=O) groups is 2. The Morgan fingerprint density at radius 3 is 2.07 bits per heavy atom. The van der Waals surface area contributed by atoms with Crippen LogP contribution in [0.2, 0.25) is 0 Å². The van der Waals surface area contributed by atoms with E-state index >= 15 is 0 Å². The molecule has 2 unspecified atom stereocenters. The van der Waals surface area contributed by atoms with Crippen molar-refractivity contribution in [3.8, 4) is 0 Å². The topological polar surface area (TPSA) is 81.1 Å². The number of carboxylic acids is 2. The van der Waals surface area contributed by atoms with E-state index in [-0.39, 0.29) is 0 Å². The SMILES string of the molecule is CC1CC(C)CN(C2CCN(Cc3ccccc3Br)CC2)C1.O=C(O)C(=O)O.